The van der Waals surface area contributed by atoms with Gasteiger partial charge >= 0.3 is 0 Å². The molecule has 1 aromatic rings. The average Bonchev–Trinajstić information content (AvgIpc) is 2.71. The zero-order valence-corrected chi connectivity index (χ0v) is 8.00. The molecule has 0 N–H and O–H groups in total. The van der Waals surface area contributed by atoms with E-state index in [1.807, 2.05) is 0 Å². The Morgan fingerprint density at radius 3 is 2.23 bits per heavy atom. The highest BCUT2D eigenvalue weighted by atomic mass is 15.1. The van der Waals surface area contributed by atoms with Gasteiger partial charge in [-0.1, -0.05) is 12.1 Å². The first-order valence-corrected chi connectivity index (χ1v) is 5.03. The van der Waals surface area contributed by atoms with Crippen molar-refractivity contribution in [1.82, 2.24) is 0 Å². The van der Waals surface area contributed by atoms with Gasteiger partial charge < -0.3 is 4.90 Å². The third-order valence-electron chi connectivity index (χ3n) is 2.70. The molecule has 0 spiro atoms. The van der Waals surface area contributed by atoms with Crippen LogP contribution in [0.1, 0.15) is 18.4 Å². The van der Waals surface area contributed by atoms with Crippen LogP contribution >= 0.6 is 0 Å². The third kappa shape index (κ3) is 1.85. The van der Waals surface area contributed by atoms with Crippen molar-refractivity contribution in [2.24, 2.45) is 0 Å². The number of rotatable bonds is 2. The average molecular weight is 174 g/mol. The lowest BCUT2D eigenvalue weighted by Crippen LogP contribution is -2.17. The molecule has 1 aliphatic heterocycles. The van der Waals surface area contributed by atoms with E-state index in [2.05, 4.69) is 36.1 Å². The van der Waals surface area contributed by atoms with Crippen LogP contribution in [0.3, 0.4) is 0 Å². The smallest absolute Gasteiger partial charge is 0.0366 e. The van der Waals surface area contributed by atoms with Gasteiger partial charge in [-0.25, -0.2) is 0 Å². The highest BCUT2D eigenvalue weighted by molar-refractivity contribution is 5.48. The number of anilines is 1. The van der Waals surface area contributed by atoms with E-state index in [1.165, 1.54) is 37.2 Å². The van der Waals surface area contributed by atoms with Gasteiger partial charge in [0.1, 0.15) is 0 Å². The highest BCUT2D eigenvalue weighted by Crippen LogP contribution is 2.20. The molecule has 13 heavy (non-hydrogen) atoms. The van der Waals surface area contributed by atoms with Crippen molar-refractivity contribution < 1.29 is 0 Å². The summed E-state index contributed by atoms with van der Waals surface area (Å²) in [7, 11) is 0. The maximum absolute atomic E-state index is 3.87. The fourth-order valence-electron chi connectivity index (χ4n) is 1.85. The summed E-state index contributed by atoms with van der Waals surface area (Å²) >= 11 is 0. The molecular weight excluding hydrogens is 158 g/mol. The van der Waals surface area contributed by atoms with Crippen LogP contribution in [0, 0.1) is 6.92 Å². The van der Waals surface area contributed by atoms with Crippen LogP contribution < -0.4 is 4.90 Å². The minimum atomic E-state index is 0.889. The van der Waals surface area contributed by atoms with Gasteiger partial charge in [0, 0.05) is 18.8 Å². The molecule has 1 heteroatoms. The first-order chi connectivity index (χ1) is 6.40. The van der Waals surface area contributed by atoms with E-state index in [-0.39, 0.29) is 0 Å². The van der Waals surface area contributed by atoms with E-state index < -0.39 is 0 Å². The standard InChI is InChI=1S/C12H16N/c1-2-11-5-7-12(8-6-11)13-9-3-4-10-13/h5-8H,1-4,9-10H2. The van der Waals surface area contributed by atoms with E-state index in [0.29, 0.717) is 0 Å². The number of hydrogen-bond donors (Lipinski definition) is 0. The molecule has 0 saturated carbocycles. The van der Waals surface area contributed by atoms with Gasteiger partial charge in [-0.15, -0.1) is 0 Å². The van der Waals surface area contributed by atoms with Crippen LogP contribution in [-0.4, -0.2) is 13.1 Å². The molecule has 2 rings (SSSR count). The molecule has 0 aromatic heterocycles. The Hall–Kier alpha value is -0.980. The third-order valence-corrected chi connectivity index (χ3v) is 2.70. The van der Waals surface area contributed by atoms with Crippen LogP contribution in [0.5, 0.6) is 0 Å². The molecule has 0 aliphatic carbocycles. The first-order valence-electron chi connectivity index (χ1n) is 5.03. The van der Waals surface area contributed by atoms with Gasteiger partial charge in [-0.3, -0.25) is 0 Å². The summed E-state index contributed by atoms with van der Waals surface area (Å²) in [6.45, 7) is 6.32. The molecule has 1 heterocycles. The second kappa shape index (κ2) is 3.82. The molecule has 0 atom stereocenters. The Bertz CT molecular complexity index is 257. The minimum Gasteiger partial charge on any atom is -0.372 e. The molecule has 1 aromatic carbocycles. The van der Waals surface area contributed by atoms with Crippen molar-refractivity contribution in [3.63, 3.8) is 0 Å². The van der Waals surface area contributed by atoms with Crippen LogP contribution in [0.15, 0.2) is 24.3 Å². The van der Waals surface area contributed by atoms with Gasteiger partial charge in [0.05, 0.1) is 0 Å². The summed E-state index contributed by atoms with van der Waals surface area (Å²) in [4.78, 5) is 2.45. The number of nitrogens with zero attached hydrogens (tertiary/aromatic N) is 1. The summed E-state index contributed by atoms with van der Waals surface area (Å²) in [6.07, 6.45) is 3.58. The van der Waals surface area contributed by atoms with Crippen molar-refractivity contribution in [2.45, 2.75) is 19.3 Å². The quantitative estimate of drug-likeness (QED) is 0.666. The van der Waals surface area contributed by atoms with Crippen molar-refractivity contribution in [2.75, 3.05) is 18.0 Å². The van der Waals surface area contributed by atoms with E-state index in [1.54, 1.807) is 0 Å². The lowest BCUT2D eigenvalue weighted by atomic mass is 10.1. The second-order valence-corrected chi connectivity index (χ2v) is 3.61. The molecule has 0 unspecified atom stereocenters. The van der Waals surface area contributed by atoms with E-state index in [0.717, 1.165) is 6.42 Å². The first kappa shape index (κ1) is 8.61. The van der Waals surface area contributed by atoms with Gasteiger partial charge in [0.25, 0.3) is 0 Å². The molecule has 0 amide bonds. The SMILES string of the molecule is [CH2]Cc1ccc(N2CCCC2)cc1. The molecule has 69 valence electrons. The van der Waals surface area contributed by atoms with E-state index >= 15 is 0 Å². The summed E-state index contributed by atoms with van der Waals surface area (Å²) in [5.41, 5.74) is 2.69. The van der Waals surface area contributed by atoms with Crippen molar-refractivity contribution in [3.8, 4) is 0 Å². The molecule has 1 nitrogen and oxygen atoms in total. The predicted molar refractivity (Wildman–Crippen MR) is 57.0 cm³/mol. The normalized spacial score (nSPS) is 16.5. The Morgan fingerprint density at radius 1 is 1.08 bits per heavy atom. The second-order valence-electron chi connectivity index (χ2n) is 3.61. The molecule has 1 aliphatic rings. The van der Waals surface area contributed by atoms with E-state index in [9.17, 15) is 0 Å². The molecule has 1 fully saturated rings. The number of benzene rings is 1. The summed E-state index contributed by atoms with van der Waals surface area (Å²) in [5, 5.41) is 0. The Morgan fingerprint density at radius 2 is 1.69 bits per heavy atom. The molecule has 1 saturated heterocycles. The highest BCUT2D eigenvalue weighted by Gasteiger charge is 2.11. The maximum atomic E-state index is 3.87. The van der Waals surface area contributed by atoms with Gasteiger partial charge in [0.15, 0.2) is 0 Å². The van der Waals surface area contributed by atoms with Crippen molar-refractivity contribution >= 4 is 5.69 Å². The Balaban J connectivity index is 2.12. The molecular formula is C12H16N. The lowest BCUT2D eigenvalue weighted by molar-refractivity contribution is 0.949. The summed E-state index contributed by atoms with van der Waals surface area (Å²) in [5.74, 6) is 0. The molecule has 1 radical (unpaired) electrons. The summed E-state index contributed by atoms with van der Waals surface area (Å²) in [6, 6.07) is 8.79. The fourth-order valence-corrected chi connectivity index (χ4v) is 1.85. The van der Waals surface area contributed by atoms with E-state index in [4.69, 9.17) is 0 Å². The van der Waals surface area contributed by atoms with Crippen LogP contribution in [-0.2, 0) is 6.42 Å². The fraction of sp³-hybridized carbons (Fsp3) is 0.417. The topological polar surface area (TPSA) is 3.24 Å². The van der Waals surface area contributed by atoms with Crippen LogP contribution in [0.25, 0.3) is 0 Å². The van der Waals surface area contributed by atoms with Gasteiger partial charge in [-0.2, -0.15) is 0 Å². The van der Waals surface area contributed by atoms with Gasteiger partial charge in [0.2, 0.25) is 0 Å². The monoisotopic (exact) mass is 174 g/mol. The van der Waals surface area contributed by atoms with Crippen LogP contribution in [0.4, 0.5) is 5.69 Å². The number of hydrogen-bond acceptors (Lipinski definition) is 1. The lowest BCUT2D eigenvalue weighted by Gasteiger charge is -2.17. The maximum Gasteiger partial charge on any atom is 0.0366 e. The Kier molecular flexibility index (Phi) is 2.53. The molecule has 0 bridgehead atoms. The predicted octanol–water partition coefficient (Wildman–Crippen LogP) is 2.66. The van der Waals surface area contributed by atoms with Gasteiger partial charge in [-0.05, 0) is 43.9 Å². The zero-order valence-electron chi connectivity index (χ0n) is 8.00. The Labute approximate surface area is 80.4 Å². The van der Waals surface area contributed by atoms with Crippen molar-refractivity contribution in [3.05, 3.63) is 36.8 Å². The summed E-state index contributed by atoms with van der Waals surface area (Å²) < 4.78 is 0. The largest absolute Gasteiger partial charge is 0.372 e. The minimum absolute atomic E-state index is 0.889. The van der Waals surface area contributed by atoms with Crippen molar-refractivity contribution in [1.29, 1.82) is 0 Å². The zero-order chi connectivity index (χ0) is 9.10. The van der Waals surface area contributed by atoms with Crippen LogP contribution in [0.2, 0.25) is 0 Å².